The molecule has 0 spiro atoms. The third-order valence-corrected chi connectivity index (χ3v) is 6.90. The molecule has 31 heavy (non-hydrogen) atoms. The normalized spacial score (nSPS) is 27.1. The van der Waals surface area contributed by atoms with Crippen LogP contribution in [0.4, 0.5) is 8.78 Å². The molecule has 2 fully saturated rings. The average molecular weight is 426 g/mol. The first-order valence-corrected chi connectivity index (χ1v) is 10.7. The second-order valence-corrected chi connectivity index (χ2v) is 8.89. The van der Waals surface area contributed by atoms with Crippen LogP contribution in [0.1, 0.15) is 49.6 Å². The molecule has 0 saturated carbocycles. The van der Waals surface area contributed by atoms with Gasteiger partial charge in [0.2, 0.25) is 5.91 Å². The van der Waals surface area contributed by atoms with Gasteiger partial charge in [0.1, 0.15) is 5.69 Å². The van der Waals surface area contributed by atoms with E-state index in [0.29, 0.717) is 25.1 Å². The number of aromatic nitrogens is 3. The highest BCUT2D eigenvalue weighted by molar-refractivity contribution is 5.79. The number of alkyl halides is 2. The predicted octanol–water partition coefficient (Wildman–Crippen LogP) is 2.69. The van der Waals surface area contributed by atoms with Gasteiger partial charge in [-0.1, -0.05) is 6.07 Å². The Balaban J connectivity index is 1.29. The Kier molecular flexibility index (Phi) is 4.68. The summed E-state index contributed by atoms with van der Waals surface area (Å²) in [5.74, 6) is -2.78. The van der Waals surface area contributed by atoms with Crippen molar-refractivity contribution in [2.45, 2.75) is 69.5 Å². The molecule has 2 saturated heterocycles. The molecule has 4 heterocycles. The van der Waals surface area contributed by atoms with Crippen molar-refractivity contribution < 1.29 is 13.6 Å². The first kappa shape index (κ1) is 19.9. The van der Waals surface area contributed by atoms with E-state index < -0.39 is 5.92 Å². The molecule has 2 aromatic heterocycles. The molecule has 162 valence electrons. The quantitative estimate of drug-likeness (QED) is 0.760. The largest absolute Gasteiger partial charge is 0.351 e. The van der Waals surface area contributed by atoms with Crippen LogP contribution in [0.15, 0.2) is 24.4 Å². The molecule has 1 amide bonds. The van der Waals surface area contributed by atoms with Crippen LogP contribution >= 0.6 is 0 Å². The summed E-state index contributed by atoms with van der Waals surface area (Å²) in [7, 11) is 0. The first-order chi connectivity index (χ1) is 14.8. The summed E-state index contributed by atoms with van der Waals surface area (Å²) in [6.45, 7) is 0.826. The van der Waals surface area contributed by atoms with Crippen molar-refractivity contribution in [1.29, 1.82) is 5.26 Å². The van der Waals surface area contributed by atoms with Crippen LogP contribution in [0.3, 0.4) is 0 Å². The molecule has 7 nitrogen and oxygen atoms in total. The van der Waals surface area contributed by atoms with Crippen molar-refractivity contribution in [3.05, 3.63) is 41.3 Å². The number of pyridine rings is 1. The average Bonchev–Trinajstić information content (AvgIpc) is 3.44. The minimum atomic E-state index is -3.02. The van der Waals surface area contributed by atoms with Crippen LogP contribution in [0, 0.1) is 17.4 Å². The van der Waals surface area contributed by atoms with Gasteiger partial charge < -0.3 is 10.2 Å². The maximum Gasteiger partial charge on any atom is 0.287 e. The molecule has 9 heteroatoms. The van der Waals surface area contributed by atoms with Gasteiger partial charge in [-0.05, 0) is 56.2 Å². The van der Waals surface area contributed by atoms with Gasteiger partial charge in [-0.3, -0.25) is 4.79 Å². The van der Waals surface area contributed by atoms with E-state index in [0.717, 1.165) is 37.4 Å². The second-order valence-electron chi connectivity index (χ2n) is 8.89. The number of hydrogen-bond donors (Lipinski definition) is 1. The fourth-order valence-electron chi connectivity index (χ4n) is 5.33. The molecule has 1 aliphatic carbocycles. The maximum atomic E-state index is 13.7. The number of fused-ring (bicyclic) bond motifs is 3. The second kappa shape index (κ2) is 7.29. The van der Waals surface area contributed by atoms with E-state index in [1.807, 2.05) is 4.90 Å². The van der Waals surface area contributed by atoms with Crippen LogP contribution in [-0.4, -0.2) is 43.7 Å². The highest BCUT2D eigenvalue weighted by Gasteiger charge is 2.47. The number of amides is 1. The Bertz CT molecular complexity index is 1060. The van der Waals surface area contributed by atoms with Crippen molar-refractivity contribution >= 4 is 5.91 Å². The lowest BCUT2D eigenvalue weighted by molar-refractivity contribution is -0.126. The van der Waals surface area contributed by atoms with Crippen molar-refractivity contribution in [2.24, 2.45) is 5.92 Å². The lowest BCUT2D eigenvalue weighted by Crippen LogP contribution is -2.46. The number of nitrogens with zero attached hydrogens (tertiary/aromatic N) is 5. The number of halogens is 2. The number of rotatable bonds is 4. The van der Waals surface area contributed by atoms with Crippen LogP contribution in [0.5, 0.6) is 0 Å². The molecule has 1 unspecified atom stereocenters. The van der Waals surface area contributed by atoms with Gasteiger partial charge in [0.25, 0.3) is 5.92 Å². The fraction of sp³-hybridized carbons (Fsp3) is 0.545. The predicted molar refractivity (Wildman–Crippen MR) is 107 cm³/mol. The molecule has 2 aromatic rings. The van der Waals surface area contributed by atoms with Crippen LogP contribution in [0.25, 0.3) is 5.82 Å². The fourth-order valence-corrected chi connectivity index (χ4v) is 5.33. The molecule has 0 aromatic carbocycles. The molecule has 2 aliphatic heterocycles. The third-order valence-electron chi connectivity index (χ3n) is 6.90. The van der Waals surface area contributed by atoms with E-state index >= 15 is 0 Å². The smallest absolute Gasteiger partial charge is 0.287 e. The Morgan fingerprint density at radius 1 is 1.32 bits per heavy atom. The maximum absolute atomic E-state index is 13.7. The summed E-state index contributed by atoms with van der Waals surface area (Å²) in [6.07, 6.45) is 8.65. The van der Waals surface area contributed by atoms with Gasteiger partial charge >= 0.3 is 0 Å². The van der Waals surface area contributed by atoms with Crippen LogP contribution < -0.4 is 5.32 Å². The number of nitriles is 1. The Labute approximate surface area is 179 Å². The van der Waals surface area contributed by atoms with Gasteiger partial charge in [-0.15, -0.1) is 0 Å². The van der Waals surface area contributed by atoms with Gasteiger partial charge in [-0.2, -0.15) is 19.1 Å². The lowest BCUT2D eigenvalue weighted by atomic mass is 9.86. The molecule has 1 N–H and O–H groups in total. The van der Waals surface area contributed by atoms with Gasteiger partial charge in [0.15, 0.2) is 12.0 Å². The molecular formula is C22H24F2N6O. The van der Waals surface area contributed by atoms with E-state index in [9.17, 15) is 18.8 Å². The summed E-state index contributed by atoms with van der Waals surface area (Å²) in [5.41, 5.74) is 1.58. The summed E-state index contributed by atoms with van der Waals surface area (Å²) < 4.78 is 28.9. The van der Waals surface area contributed by atoms with E-state index in [1.54, 1.807) is 23.0 Å². The number of carbonyl (C=O) groups excluding carboxylic acids is 1. The van der Waals surface area contributed by atoms with Crippen molar-refractivity contribution in [1.82, 2.24) is 25.0 Å². The Hall–Kier alpha value is -3.02. The first-order valence-electron chi connectivity index (χ1n) is 10.7. The van der Waals surface area contributed by atoms with E-state index in [1.165, 1.54) is 6.07 Å². The summed E-state index contributed by atoms with van der Waals surface area (Å²) in [4.78, 5) is 18.9. The van der Waals surface area contributed by atoms with E-state index in [-0.39, 0.29) is 35.6 Å². The summed E-state index contributed by atoms with van der Waals surface area (Å²) in [6, 6.07) is 4.95. The summed E-state index contributed by atoms with van der Waals surface area (Å²) in [5, 5.41) is 16.9. The van der Waals surface area contributed by atoms with E-state index in [2.05, 4.69) is 21.6 Å². The zero-order chi connectivity index (χ0) is 21.8. The zero-order valence-corrected chi connectivity index (χ0v) is 17.3. The third kappa shape index (κ3) is 3.44. The van der Waals surface area contributed by atoms with Crippen molar-refractivity contribution in [2.75, 3.05) is 0 Å². The number of nitrogens with one attached hydrogen (secondary N) is 1. The van der Waals surface area contributed by atoms with Gasteiger partial charge in [0, 0.05) is 24.6 Å². The SMILES string of the molecule is CC(F)(F)c1cccc(-n2ncc3c2CCC(C(=O)N[C@@H]2C[C@@H]4CC[C@H]2N4C#N)C3)n1. The van der Waals surface area contributed by atoms with Crippen LogP contribution in [0.2, 0.25) is 0 Å². The molecule has 2 bridgehead atoms. The van der Waals surface area contributed by atoms with E-state index in [4.69, 9.17) is 0 Å². The molecule has 3 aliphatic rings. The molecular weight excluding hydrogens is 402 g/mol. The molecule has 5 rings (SSSR count). The highest BCUT2D eigenvalue weighted by Crippen LogP contribution is 2.37. The zero-order valence-electron chi connectivity index (χ0n) is 17.3. The van der Waals surface area contributed by atoms with Crippen LogP contribution in [-0.2, 0) is 23.6 Å². The Morgan fingerprint density at radius 3 is 2.90 bits per heavy atom. The van der Waals surface area contributed by atoms with Crippen molar-refractivity contribution in [3.63, 3.8) is 0 Å². The summed E-state index contributed by atoms with van der Waals surface area (Å²) >= 11 is 0. The number of hydrogen-bond acceptors (Lipinski definition) is 5. The number of carbonyl (C=O) groups is 1. The lowest BCUT2D eigenvalue weighted by Gasteiger charge is -2.27. The van der Waals surface area contributed by atoms with Crippen molar-refractivity contribution in [3.8, 4) is 12.0 Å². The monoisotopic (exact) mass is 426 g/mol. The highest BCUT2D eigenvalue weighted by atomic mass is 19.3. The topological polar surface area (TPSA) is 86.8 Å². The minimum Gasteiger partial charge on any atom is -0.351 e. The van der Waals surface area contributed by atoms with Gasteiger partial charge in [-0.25, -0.2) is 9.67 Å². The Morgan fingerprint density at radius 2 is 2.16 bits per heavy atom. The molecule has 0 radical (unpaired) electrons. The standard InChI is InChI=1S/C22H24F2N6O/c1-22(23,24)19-3-2-4-20(28-19)30-17-7-5-13(9-14(17)11-26-30)21(31)27-16-10-15-6-8-18(16)29(15)12-25/h2-4,11,13,15-16,18H,5-10H2,1H3,(H,27,31)/t13?,15-,16+,18+/m0/s1. The minimum absolute atomic E-state index is 0.0274. The van der Waals surface area contributed by atoms with Gasteiger partial charge in [0.05, 0.1) is 18.3 Å². The molecule has 4 atom stereocenters.